The Labute approximate surface area is 228 Å². The van der Waals surface area contributed by atoms with Crippen molar-refractivity contribution in [3.8, 4) is 0 Å². The Hall–Kier alpha value is -3.33. The van der Waals surface area contributed by atoms with Crippen molar-refractivity contribution < 1.29 is 58.5 Å². The zero-order valence-corrected chi connectivity index (χ0v) is 21.5. The molecule has 5 N–H and O–H groups in total. The Balaban J connectivity index is 1.46. The van der Waals surface area contributed by atoms with Crippen molar-refractivity contribution in [1.82, 2.24) is 0 Å². The highest BCUT2D eigenvalue weighted by Crippen LogP contribution is 2.51. The summed E-state index contributed by atoms with van der Waals surface area (Å²) >= 11 is 0. The number of esters is 2. The van der Waals surface area contributed by atoms with E-state index in [1.807, 2.05) is 0 Å². The molecule has 4 heterocycles. The predicted molar refractivity (Wildman–Crippen MR) is 133 cm³/mol. The molecule has 0 bridgehead atoms. The second-order valence-electron chi connectivity index (χ2n) is 10.2. The van der Waals surface area contributed by atoms with Crippen LogP contribution < -0.4 is 5.32 Å². The van der Waals surface area contributed by atoms with Gasteiger partial charge in [0.25, 0.3) is 0 Å². The van der Waals surface area contributed by atoms with Gasteiger partial charge in [-0.2, -0.15) is 0 Å². The van der Waals surface area contributed by atoms with Crippen molar-refractivity contribution in [2.24, 2.45) is 11.8 Å². The molecule has 2 fully saturated rings. The zero-order chi connectivity index (χ0) is 28.8. The molecular weight excluding hydrogens is 530 g/mol. The third-order valence-electron chi connectivity index (χ3n) is 8.09. The van der Waals surface area contributed by atoms with Crippen LogP contribution in [-0.2, 0) is 43.5 Å². The molecule has 0 radical (unpaired) electrons. The van der Waals surface area contributed by atoms with E-state index in [2.05, 4.69) is 11.9 Å². The predicted octanol–water partition coefficient (Wildman–Crippen LogP) is -0.770. The van der Waals surface area contributed by atoms with Gasteiger partial charge in [0.2, 0.25) is 12.2 Å². The normalized spacial score (nSPS) is 38.6. The molecule has 0 saturated carbocycles. The highest BCUT2D eigenvalue weighted by molar-refractivity contribution is 6.09. The number of aliphatic hydroxyl groups excluding tert-OH is 4. The van der Waals surface area contributed by atoms with E-state index in [-0.39, 0.29) is 18.4 Å². The van der Waals surface area contributed by atoms with Gasteiger partial charge in [-0.05, 0) is 18.1 Å². The average Bonchev–Trinajstić information content (AvgIpc) is 3.43. The number of ether oxygens (including phenoxy) is 5. The fourth-order valence-electron chi connectivity index (χ4n) is 5.98. The first kappa shape index (κ1) is 28.2. The van der Waals surface area contributed by atoms with Crippen LogP contribution >= 0.6 is 0 Å². The largest absolute Gasteiger partial charge is 0.471 e. The summed E-state index contributed by atoms with van der Waals surface area (Å²) in [5.74, 6) is -3.33. The molecule has 4 aliphatic heterocycles. The van der Waals surface area contributed by atoms with Gasteiger partial charge in [0, 0.05) is 17.5 Å². The maximum absolute atomic E-state index is 13.3. The van der Waals surface area contributed by atoms with Crippen molar-refractivity contribution in [2.45, 2.75) is 61.4 Å². The molecule has 13 heteroatoms. The van der Waals surface area contributed by atoms with Crippen LogP contribution in [0.1, 0.15) is 18.4 Å². The first-order valence-electron chi connectivity index (χ1n) is 12.8. The minimum Gasteiger partial charge on any atom is -0.471 e. The number of methoxy groups -OCH3 is 1. The number of anilines is 1. The van der Waals surface area contributed by atoms with Crippen LogP contribution in [0.5, 0.6) is 0 Å². The molecule has 1 aromatic rings. The lowest BCUT2D eigenvalue weighted by atomic mass is 9.70. The molecule has 13 nitrogen and oxygen atoms in total. The number of rotatable bonds is 7. The number of para-hydroxylation sites is 1. The van der Waals surface area contributed by atoms with Crippen molar-refractivity contribution in [2.75, 3.05) is 19.0 Å². The Bertz CT molecular complexity index is 1220. The maximum atomic E-state index is 13.3. The van der Waals surface area contributed by atoms with Crippen LogP contribution in [0, 0.1) is 11.8 Å². The molecule has 0 unspecified atom stereocenters. The molecule has 216 valence electrons. The topological polar surface area (TPSA) is 190 Å². The lowest BCUT2D eigenvalue weighted by Crippen LogP contribution is -2.60. The summed E-state index contributed by atoms with van der Waals surface area (Å²) in [6, 6.07) is 6.99. The summed E-state index contributed by atoms with van der Waals surface area (Å²) in [6.07, 6.45) is -7.58. The Morgan fingerprint density at radius 1 is 1.18 bits per heavy atom. The molecule has 0 aliphatic carbocycles. The van der Waals surface area contributed by atoms with Crippen LogP contribution in [0.3, 0.4) is 0 Å². The van der Waals surface area contributed by atoms with Gasteiger partial charge in [-0.3, -0.25) is 9.59 Å². The highest BCUT2D eigenvalue weighted by Gasteiger charge is 2.61. The molecule has 40 heavy (non-hydrogen) atoms. The second-order valence-corrected chi connectivity index (χ2v) is 10.2. The van der Waals surface area contributed by atoms with Gasteiger partial charge in [-0.25, -0.2) is 4.79 Å². The third-order valence-corrected chi connectivity index (χ3v) is 8.09. The number of hydrogen-bond donors (Lipinski definition) is 5. The molecule has 1 aromatic carbocycles. The lowest BCUT2D eigenvalue weighted by molar-refractivity contribution is -0.339. The number of hydrogen-bond acceptors (Lipinski definition) is 12. The van der Waals surface area contributed by atoms with E-state index >= 15 is 0 Å². The van der Waals surface area contributed by atoms with Crippen molar-refractivity contribution in [3.05, 3.63) is 54.3 Å². The second kappa shape index (κ2) is 10.9. The van der Waals surface area contributed by atoms with Crippen LogP contribution in [0.25, 0.3) is 0 Å². The number of fused-ring (bicyclic) bond motifs is 2. The van der Waals surface area contributed by atoms with E-state index in [4.69, 9.17) is 23.7 Å². The quantitative estimate of drug-likeness (QED) is 0.207. The molecule has 10 atom stereocenters. The van der Waals surface area contributed by atoms with E-state index in [0.717, 1.165) is 6.26 Å². The number of nitrogens with one attached hydrogen (secondary N) is 1. The minimum atomic E-state index is -1.70. The van der Waals surface area contributed by atoms with Gasteiger partial charge < -0.3 is 49.4 Å². The zero-order valence-electron chi connectivity index (χ0n) is 21.5. The van der Waals surface area contributed by atoms with Crippen LogP contribution in [0.4, 0.5) is 5.69 Å². The first-order chi connectivity index (χ1) is 19.2. The SMILES string of the molecule is C=C[C@H]1[C@H](O[C@@H]2O[C@H](CO)[C@@H](O)[C@H](O)[C@H]2O)OC=C(C(=O)OC)[C@H]1C[C@@H]1OC(=O)C[C@@]12C(=O)Nc1ccccc12. The van der Waals surface area contributed by atoms with Crippen LogP contribution in [0.15, 0.2) is 48.8 Å². The highest BCUT2D eigenvalue weighted by atomic mass is 16.8. The van der Waals surface area contributed by atoms with Crippen molar-refractivity contribution >= 4 is 23.5 Å². The third kappa shape index (κ3) is 4.48. The van der Waals surface area contributed by atoms with Crippen molar-refractivity contribution in [3.63, 3.8) is 0 Å². The smallest absolute Gasteiger partial charge is 0.337 e. The Kier molecular flexibility index (Phi) is 7.70. The Morgan fingerprint density at radius 3 is 2.62 bits per heavy atom. The number of carbonyl (C=O) groups is 3. The Morgan fingerprint density at radius 2 is 1.93 bits per heavy atom. The number of amides is 1. The van der Waals surface area contributed by atoms with E-state index in [0.29, 0.717) is 11.3 Å². The van der Waals surface area contributed by atoms with Crippen LogP contribution in [0.2, 0.25) is 0 Å². The van der Waals surface area contributed by atoms with Gasteiger partial charge >= 0.3 is 11.9 Å². The van der Waals surface area contributed by atoms with E-state index < -0.39 is 84.8 Å². The fourth-order valence-corrected chi connectivity index (χ4v) is 5.98. The van der Waals surface area contributed by atoms with Gasteiger partial charge in [0.15, 0.2) is 6.29 Å². The number of carbonyl (C=O) groups excluding carboxylic acids is 3. The minimum absolute atomic E-state index is 0.0248. The summed E-state index contributed by atoms with van der Waals surface area (Å²) in [4.78, 5) is 38.7. The lowest BCUT2D eigenvalue weighted by Gasteiger charge is -2.43. The van der Waals surface area contributed by atoms with E-state index in [1.54, 1.807) is 24.3 Å². The maximum Gasteiger partial charge on any atom is 0.337 e. The number of aliphatic hydroxyl groups is 4. The summed E-state index contributed by atoms with van der Waals surface area (Å²) in [7, 11) is 1.19. The number of benzene rings is 1. The average molecular weight is 562 g/mol. The fraction of sp³-hybridized carbons (Fsp3) is 0.519. The van der Waals surface area contributed by atoms with Gasteiger partial charge in [-0.1, -0.05) is 24.3 Å². The first-order valence-corrected chi connectivity index (χ1v) is 12.8. The van der Waals surface area contributed by atoms with Gasteiger partial charge in [-0.15, -0.1) is 6.58 Å². The molecular formula is C27H31NO12. The summed E-state index contributed by atoms with van der Waals surface area (Å²) < 4.78 is 27.6. The molecule has 4 aliphatic rings. The molecule has 0 aromatic heterocycles. The molecule has 1 amide bonds. The van der Waals surface area contributed by atoms with Gasteiger partial charge in [0.1, 0.15) is 35.9 Å². The van der Waals surface area contributed by atoms with Crippen LogP contribution in [-0.4, -0.2) is 95.1 Å². The number of cyclic esters (lactones) is 1. The van der Waals surface area contributed by atoms with E-state index in [1.165, 1.54) is 13.2 Å². The monoisotopic (exact) mass is 561 g/mol. The van der Waals surface area contributed by atoms with Crippen molar-refractivity contribution in [1.29, 1.82) is 0 Å². The molecule has 5 rings (SSSR count). The summed E-state index contributed by atoms with van der Waals surface area (Å²) in [6.45, 7) is 3.19. The standard InChI is InChI=1S/C27H31NO12/c1-3-12-13(8-18-27(9-19(30)39-18)15-6-4-5-7-16(15)28-26(27)35)14(23(34)36-2)11-37-24(12)40-25-22(33)21(32)20(31)17(10-29)38-25/h3-7,11-13,17-18,20-22,24-25,29,31-33H,1,8-10H2,2H3,(H,28,35)/t12-,13+,17-,18+,20-,21+,22-,24+,25+,27+/m1/s1. The molecule has 2 saturated heterocycles. The van der Waals surface area contributed by atoms with Gasteiger partial charge in [0.05, 0.1) is 32.0 Å². The molecule has 1 spiro atoms. The summed E-state index contributed by atoms with van der Waals surface area (Å²) in [5, 5.41) is 43.0. The van der Waals surface area contributed by atoms with E-state index in [9.17, 15) is 34.8 Å². The summed E-state index contributed by atoms with van der Waals surface area (Å²) in [5.41, 5.74) is -0.0794.